The number of hydrogen-bond acceptors (Lipinski definition) is 6. The standard InChI is InChI=1S/C23H27N5O/c1-3-18-8-4-5-9-19(18)25-23-24-13-12-22(26-23)28-16-14-27(15-17-28)20-10-6-7-11-21(20)29-2/h4-13H,3,14-17H2,1-2H3,(H,24,25,26). The lowest BCUT2D eigenvalue weighted by Gasteiger charge is -2.37. The highest BCUT2D eigenvalue weighted by molar-refractivity contribution is 5.61. The second-order valence-electron chi connectivity index (χ2n) is 7.02. The predicted octanol–water partition coefficient (Wildman–Crippen LogP) is 4.12. The van der Waals surface area contributed by atoms with Gasteiger partial charge in [0, 0.05) is 38.1 Å². The molecule has 4 rings (SSSR count). The fourth-order valence-electron chi connectivity index (χ4n) is 3.72. The summed E-state index contributed by atoms with van der Waals surface area (Å²) in [5.74, 6) is 2.51. The SMILES string of the molecule is CCc1ccccc1Nc1nccc(N2CCN(c3ccccc3OC)CC2)n1. The van der Waals surface area contributed by atoms with E-state index in [1.54, 1.807) is 7.11 Å². The Balaban J connectivity index is 1.45. The molecule has 0 atom stereocenters. The van der Waals surface area contributed by atoms with Crippen LogP contribution in [0, 0.1) is 0 Å². The van der Waals surface area contributed by atoms with Gasteiger partial charge in [0.25, 0.3) is 0 Å². The maximum absolute atomic E-state index is 5.52. The van der Waals surface area contributed by atoms with E-state index in [-0.39, 0.29) is 0 Å². The van der Waals surface area contributed by atoms with Crippen molar-refractivity contribution in [1.29, 1.82) is 0 Å². The normalized spacial score (nSPS) is 14.0. The average Bonchev–Trinajstić information content (AvgIpc) is 2.80. The van der Waals surface area contributed by atoms with Gasteiger partial charge in [-0.2, -0.15) is 4.98 Å². The molecule has 0 unspecified atom stereocenters. The van der Waals surface area contributed by atoms with Crippen LogP contribution >= 0.6 is 0 Å². The van der Waals surface area contributed by atoms with E-state index in [9.17, 15) is 0 Å². The van der Waals surface area contributed by atoms with Gasteiger partial charge < -0.3 is 19.9 Å². The van der Waals surface area contributed by atoms with Crippen LogP contribution in [0.25, 0.3) is 0 Å². The Kier molecular flexibility index (Phi) is 5.79. The molecule has 1 saturated heterocycles. The Bertz CT molecular complexity index is 953. The molecule has 0 saturated carbocycles. The van der Waals surface area contributed by atoms with Crippen LogP contribution in [-0.4, -0.2) is 43.3 Å². The smallest absolute Gasteiger partial charge is 0.229 e. The number of benzene rings is 2. The number of para-hydroxylation sites is 3. The molecule has 1 aliphatic heterocycles. The Labute approximate surface area is 172 Å². The van der Waals surface area contributed by atoms with Crippen LogP contribution in [-0.2, 0) is 6.42 Å². The van der Waals surface area contributed by atoms with Crippen molar-refractivity contribution in [3.05, 3.63) is 66.4 Å². The third kappa shape index (κ3) is 4.26. The first-order valence-electron chi connectivity index (χ1n) is 10.1. The average molecular weight is 390 g/mol. The third-order valence-corrected chi connectivity index (χ3v) is 5.32. The van der Waals surface area contributed by atoms with Crippen molar-refractivity contribution in [3.8, 4) is 5.75 Å². The summed E-state index contributed by atoms with van der Waals surface area (Å²) in [4.78, 5) is 13.9. The zero-order valence-corrected chi connectivity index (χ0v) is 17.0. The molecule has 2 heterocycles. The van der Waals surface area contributed by atoms with Crippen LogP contribution in [0.3, 0.4) is 0 Å². The number of rotatable bonds is 6. The number of hydrogen-bond donors (Lipinski definition) is 1. The fraction of sp³-hybridized carbons (Fsp3) is 0.304. The molecule has 6 nitrogen and oxygen atoms in total. The Hall–Kier alpha value is -3.28. The van der Waals surface area contributed by atoms with Gasteiger partial charge in [0.1, 0.15) is 11.6 Å². The molecule has 2 aromatic carbocycles. The summed E-state index contributed by atoms with van der Waals surface area (Å²) < 4.78 is 5.52. The minimum absolute atomic E-state index is 0.635. The molecular weight excluding hydrogens is 362 g/mol. The third-order valence-electron chi connectivity index (χ3n) is 5.32. The summed E-state index contributed by atoms with van der Waals surface area (Å²) in [7, 11) is 1.72. The van der Waals surface area contributed by atoms with Gasteiger partial charge >= 0.3 is 0 Å². The van der Waals surface area contributed by atoms with Crippen LogP contribution in [0.4, 0.5) is 23.1 Å². The number of piperazine rings is 1. The van der Waals surface area contributed by atoms with Crippen LogP contribution < -0.4 is 19.9 Å². The molecule has 3 aromatic rings. The maximum Gasteiger partial charge on any atom is 0.229 e. The molecule has 150 valence electrons. The van der Waals surface area contributed by atoms with E-state index in [0.717, 1.165) is 55.5 Å². The van der Waals surface area contributed by atoms with Gasteiger partial charge in [0.05, 0.1) is 12.8 Å². The quantitative estimate of drug-likeness (QED) is 0.685. The lowest BCUT2D eigenvalue weighted by molar-refractivity contribution is 0.413. The fourth-order valence-corrected chi connectivity index (χ4v) is 3.72. The molecule has 29 heavy (non-hydrogen) atoms. The van der Waals surface area contributed by atoms with Crippen molar-refractivity contribution in [3.63, 3.8) is 0 Å². The van der Waals surface area contributed by atoms with Crippen LogP contribution in [0.5, 0.6) is 5.75 Å². The number of aromatic nitrogens is 2. The summed E-state index contributed by atoms with van der Waals surface area (Å²) in [6, 6.07) is 18.5. The van der Waals surface area contributed by atoms with E-state index in [0.29, 0.717) is 5.95 Å². The van der Waals surface area contributed by atoms with Crippen molar-refractivity contribution >= 4 is 23.1 Å². The second kappa shape index (κ2) is 8.82. The molecule has 6 heteroatoms. The van der Waals surface area contributed by atoms with Gasteiger partial charge in [0.15, 0.2) is 0 Å². The summed E-state index contributed by atoms with van der Waals surface area (Å²) in [6.45, 7) is 5.80. The number of methoxy groups -OCH3 is 1. The molecule has 1 aromatic heterocycles. The Morgan fingerprint density at radius 2 is 1.66 bits per heavy atom. The van der Waals surface area contributed by atoms with Gasteiger partial charge in [0.2, 0.25) is 5.95 Å². The predicted molar refractivity (Wildman–Crippen MR) is 119 cm³/mol. The number of ether oxygens (including phenoxy) is 1. The highest BCUT2D eigenvalue weighted by Gasteiger charge is 2.20. The highest BCUT2D eigenvalue weighted by atomic mass is 16.5. The summed E-state index contributed by atoms with van der Waals surface area (Å²) in [5, 5.41) is 3.38. The maximum atomic E-state index is 5.52. The van der Waals surface area contributed by atoms with E-state index in [1.165, 1.54) is 5.56 Å². The molecule has 0 spiro atoms. The molecule has 1 aliphatic rings. The second-order valence-corrected chi connectivity index (χ2v) is 7.02. The topological polar surface area (TPSA) is 53.5 Å². The summed E-state index contributed by atoms with van der Waals surface area (Å²) >= 11 is 0. The summed E-state index contributed by atoms with van der Waals surface area (Å²) in [6.07, 6.45) is 2.79. The van der Waals surface area contributed by atoms with E-state index in [4.69, 9.17) is 9.72 Å². The minimum atomic E-state index is 0.635. The van der Waals surface area contributed by atoms with E-state index >= 15 is 0 Å². The van der Waals surface area contributed by atoms with Gasteiger partial charge in [-0.15, -0.1) is 0 Å². The zero-order chi connectivity index (χ0) is 20.1. The lowest BCUT2D eigenvalue weighted by atomic mass is 10.1. The number of aryl methyl sites for hydroxylation is 1. The highest BCUT2D eigenvalue weighted by Crippen LogP contribution is 2.29. The van der Waals surface area contributed by atoms with E-state index in [2.05, 4.69) is 57.4 Å². The molecule has 0 aliphatic carbocycles. The van der Waals surface area contributed by atoms with Crippen molar-refractivity contribution in [1.82, 2.24) is 9.97 Å². The van der Waals surface area contributed by atoms with Crippen LogP contribution in [0.2, 0.25) is 0 Å². The first-order chi connectivity index (χ1) is 14.3. The minimum Gasteiger partial charge on any atom is -0.495 e. The first kappa shape index (κ1) is 19.1. The zero-order valence-electron chi connectivity index (χ0n) is 17.0. The molecule has 1 fully saturated rings. The van der Waals surface area contributed by atoms with Crippen LogP contribution in [0.1, 0.15) is 12.5 Å². The molecule has 0 radical (unpaired) electrons. The van der Waals surface area contributed by atoms with E-state index in [1.807, 2.05) is 30.5 Å². The van der Waals surface area contributed by atoms with Gasteiger partial charge in [-0.05, 0) is 36.2 Å². The van der Waals surface area contributed by atoms with Crippen molar-refractivity contribution in [2.24, 2.45) is 0 Å². The summed E-state index contributed by atoms with van der Waals surface area (Å²) in [5.41, 5.74) is 3.47. The Morgan fingerprint density at radius 1 is 0.931 bits per heavy atom. The first-order valence-corrected chi connectivity index (χ1v) is 10.1. The van der Waals surface area contributed by atoms with Crippen LogP contribution in [0.15, 0.2) is 60.8 Å². The molecular formula is C23H27N5O. The monoisotopic (exact) mass is 389 g/mol. The molecule has 0 bridgehead atoms. The van der Waals surface area contributed by atoms with Crippen molar-refractivity contribution in [2.75, 3.05) is 48.4 Å². The Morgan fingerprint density at radius 3 is 2.45 bits per heavy atom. The van der Waals surface area contributed by atoms with Gasteiger partial charge in [-0.3, -0.25) is 0 Å². The van der Waals surface area contributed by atoms with Crippen molar-refractivity contribution in [2.45, 2.75) is 13.3 Å². The van der Waals surface area contributed by atoms with Gasteiger partial charge in [-0.25, -0.2) is 4.98 Å². The molecule has 1 N–H and O–H groups in total. The van der Waals surface area contributed by atoms with Crippen molar-refractivity contribution < 1.29 is 4.74 Å². The largest absolute Gasteiger partial charge is 0.495 e. The number of nitrogens with zero attached hydrogens (tertiary/aromatic N) is 4. The van der Waals surface area contributed by atoms with Gasteiger partial charge in [-0.1, -0.05) is 37.3 Å². The lowest BCUT2D eigenvalue weighted by Crippen LogP contribution is -2.47. The van der Waals surface area contributed by atoms with E-state index < -0.39 is 0 Å². The number of anilines is 4. The number of nitrogens with one attached hydrogen (secondary N) is 1. The molecule has 0 amide bonds.